The zero-order valence-electron chi connectivity index (χ0n) is 11.7. The van der Waals surface area contributed by atoms with Gasteiger partial charge in [-0.25, -0.2) is 0 Å². The predicted octanol–water partition coefficient (Wildman–Crippen LogP) is 4.29. The molecule has 112 valence electrons. The number of rotatable bonds is 2. The number of hydrogen-bond donors (Lipinski definition) is 0. The Balaban J connectivity index is 1.94. The van der Waals surface area contributed by atoms with Gasteiger partial charge in [-0.3, -0.25) is 4.79 Å². The Bertz CT molecular complexity index is 746. The minimum atomic E-state index is -0.522. The molecule has 0 saturated carbocycles. The number of amides is 1. The average Bonchev–Trinajstić information content (AvgIpc) is 2.93. The number of hydrogen-bond acceptors (Lipinski definition) is 3. The Labute approximate surface area is 150 Å². The van der Waals surface area contributed by atoms with E-state index >= 15 is 0 Å². The molecule has 0 aliphatic carbocycles. The third-order valence-electron chi connectivity index (χ3n) is 3.19. The van der Waals surface area contributed by atoms with Crippen LogP contribution in [0.1, 0.15) is 24.3 Å². The van der Waals surface area contributed by atoms with Gasteiger partial charge < -0.3 is 4.74 Å². The van der Waals surface area contributed by atoms with Crippen molar-refractivity contribution in [3.8, 4) is 0 Å². The molecule has 4 nitrogen and oxygen atoms in total. The van der Waals surface area contributed by atoms with Gasteiger partial charge in [-0.2, -0.15) is 5.01 Å². The summed E-state index contributed by atoms with van der Waals surface area (Å²) >= 11 is 5.63. The van der Waals surface area contributed by atoms with Crippen LogP contribution in [-0.2, 0) is 9.53 Å². The lowest BCUT2D eigenvalue weighted by Crippen LogP contribution is -2.25. The Hall–Kier alpha value is -1.41. The van der Waals surface area contributed by atoms with Crippen LogP contribution >= 0.6 is 38.5 Å². The Morgan fingerprint density at radius 2 is 2.00 bits per heavy atom. The van der Waals surface area contributed by atoms with Crippen molar-refractivity contribution >= 4 is 50.3 Å². The van der Waals surface area contributed by atoms with Crippen molar-refractivity contribution in [1.82, 2.24) is 5.01 Å². The van der Waals surface area contributed by atoms with Crippen molar-refractivity contribution in [3.05, 3.63) is 67.7 Å². The van der Waals surface area contributed by atoms with Crippen LogP contribution in [0.3, 0.4) is 0 Å². The average molecular weight is 471 g/mol. The van der Waals surface area contributed by atoms with Crippen molar-refractivity contribution in [2.45, 2.75) is 13.2 Å². The van der Waals surface area contributed by atoms with Gasteiger partial charge in [0.25, 0.3) is 0 Å². The van der Waals surface area contributed by atoms with Gasteiger partial charge in [0.2, 0.25) is 18.0 Å². The zero-order chi connectivity index (χ0) is 15.7. The van der Waals surface area contributed by atoms with E-state index < -0.39 is 6.23 Å². The van der Waals surface area contributed by atoms with Gasteiger partial charge in [-0.1, -0.05) is 28.1 Å². The fourth-order valence-corrected chi connectivity index (χ4v) is 2.98. The number of carbonyl (C=O) groups is 1. The molecule has 1 heterocycles. The summed E-state index contributed by atoms with van der Waals surface area (Å²) in [5, 5.41) is 5.71. The normalized spacial score (nSPS) is 17.1. The van der Waals surface area contributed by atoms with E-state index in [1.807, 2.05) is 48.5 Å². The molecular weight excluding hydrogens is 459 g/mol. The summed E-state index contributed by atoms with van der Waals surface area (Å²) in [5.41, 5.74) is 1.74. The van der Waals surface area contributed by atoms with Gasteiger partial charge in [0, 0.05) is 26.1 Å². The van der Waals surface area contributed by atoms with E-state index in [-0.39, 0.29) is 5.91 Å². The molecule has 6 heteroatoms. The molecule has 1 amide bonds. The maximum atomic E-state index is 11.9. The first kappa shape index (κ1) is 15.5. The van der Waals surface area contributed by atoms with Gasteiger partial charge in [0.05, 0.1) is 0 Å². The molecule has 3 rings (SSSR count). The Morgan fingerprint density at radius 3 is 2.64 bits per heavy atom. The summed E-state index contributed by atoms with van der Waals surface area (Å²) in [4.78, 5) is 11.9. The Kier molecular flexibility index (Phi) is 4.49. The summed E-state index contributed by atoms with van der Waals surface area (Å²) in [6, 6.07) is 15.5. The number of hydrazone groups is 1. The standard InChI is InChI=1S/C16H12BrIN2O2/c1-10(21)20-16(12-3-2-4-14(18)9-12)22-15(19-20)11-5-7-13(17)8-6-11/h2-9,16H,1H3. The largest absolute Gasteiger partial charge is 0.446 e. The highest BCUT2D eigenvalue weighted by Gasteiger charge is 2.33. The minimum absolute atomic E-state index is 0.157. The smallest absolute Gasteiger partial charge is 0.243 e. The highest BCUT2D eigenvalue weighted by molar-refractivity contribution is 14.1. The molecular formula is C16H12BrIN2O2. The van der Waals surface area contributed by atoms with E-state index in [1.54, 1.807) is 0 Å². The molecule has 0 fully saturated rings. The highest BCUT2D eigenvalue weighted by Crippen LogP contribution is 2.31. The number of halogens is 2. The lowest BCUT2D eigenvalue weighted by molar-refractivity contribution is -0.135. The second-order valence-electron chi connectivity index (χ2n) is 4.80. The van der Waals surface area contributed by atoms with E-state index in [0.29, 0.717) is 5.90 Å². The van der Waals surface area contributed by atoms with Crippen LogP contribution in [0, 0.1) is 3.57 Å². The fraction of sp³-hybridized carbons (Fsp3) is 0.125. The highest BCUT2D eigenvalue weighted by atomic mass is 127. The minimum Gasteiger partial charge on any atom is -0.446 e. The predicted molar refractivity (Wildman–Crippen MR) is 96.2 cm³/mol. The molecule has 0 radical (unpaired) electrons. The van der Waals surface area contributed by atoms with Crippen molar-refractivity contribution < 1.29 is 9.53 Å². The van der Waals surface area contributed by atoms with Crippen LogP contribution in [0.5, 0.6) is 0 Å². The summed E-state index contributed by atoms with van der Waals surface area (Å²) in [6.45, 7) is 1.48. The third kappa shape index (κ3) is 3.17. The van der Waals surface area contributed by atoms with E-state index in [0.717, 1.165) is 19.2 Å². The molecule has 2 aromatic rings. The SMILES string of the molecule is CC(=O)N1N=C(c2ccc(Br)cc2)OC1c1cccc(I)c1. The van der Waals surface area contributed by atoms with E-state index in [2.05, 4.69) is 43.6 Å². The Morgan fingerprint density at radius 1 is 1.27 bits per heavy atom. The number of carbonyl (C=O) groups excluding carboxylic acids is 1. The second kappa shape index (κ2) is 6.37. The van der Waals surface area contributed by atoms with E-state index in [9.17, 15) is 4.79 Å². The van der Waals surface area contributed by atoms with Crippen molar-refractivity contribution in [1.29, 1.82) is 0 Å². The van der Waals surface area contributed by atoms with Crippen LogP contribution in [0.4, 0.5) is 0 Å². The number of benzene rings is 2. The molecule has 22 heavy (non-hydrogen) atoms. The van der Waals surface area contributed by atoms with E-state index in [1.165, 1.54) is 11.9 Å². The van der Waals surface area contributed by atoms with Crippen molar-refractivity contribution in [3.63, 3.8) is 0 Å². The van der Waals surface area contributed by atoms with Crippen LogP contribution in [0.2, 0.25) is 0 Å². The fourth-order valence-electron chi connectivity index (χ4n) is 2.15. The third-order valence-corrected chi connectivity index (χ3v) is 4.39. The maximum absolute atomic E-state index is 11.9. The molecule has 1 unspecified atom stereocenters. The molecule has 0 bridgehead atoms. The van der Waals surface area contributed by atoms with Crippen LogP contribution in [0.15, 0.2) is 58.1 Å². The molecule has 0 aromatic heterocycles. The first-order valence-electron chi connectivity index (χ1n) is 6.61. The molecule has 1 atom stereocenters. The molecule has 0 spiro atoms. The number of ether oxygens (including phenoxy) is 1. The summed E-state index contributed by atoms with van der Waals surface area (Å²) in [5.74, 6) is 0.294. The molecule has 0 saturated heterocycles. The van der Waals surface area contributed by atoms with Crippen molar-refractivity contribution in [2.75, 3.05) is 0 Å². The zero-order valence-corrected chi connectivity index (χ0v) is 15.4. The van der Waals surface area contributed by atoms with Crippen LogP contribution in [-0.4, -0.2) is 16.8 Å². The number of nitrogens with zero attached hydrogens (tertiary/aromatic N) is 2. The van der Waals surface area contributed by atoms with Crippen LogP contribution in [0.25, 0.3) is 0 Å². The maximum Gasteiger partial charge on any atom is 0.243 e. The lowest BCUT2D eigenvalue weighted by Gasteiger charge is -2.19. The van der Waals surface area contributed by atoms with Gasteiger partial charge in [0.1, 0.15) is 0 Å². The monoisotopic (exact) mass is 470 g/mol. The van der Waals surface area contributed by atoms with Gasteiger partial charge in [0.15, 0.2) is 0 Å². The van der Waals surface area contributed by atoms with Crippen LogP contribution < -0.4 is 0 Å². The first-order chi connectivity index (χ1) is 10.5. The summed E-state index contributed by atoms with van der Waals surface area (Å²) in [7, 11) is 0. The van der Waals surface area contributed by atoms with Gasteiger partial charge in [-0.05, 0) is 59.0 Å². The lowest BCUT2D eigenvalue weighted by atomic mass is 10.2. The van der Waals surface area contributed by atoms with E-state index in [4.69, 9.17) is 4.74 Å². The molecule has 2 aromatic carbocycles. The van der Waals surface area contributed by atoms with Gasteiger partial charge >= 0.3 is 0 Å². The summed E-state index contributed by atoms with van der Waals surface area (Å²) in [6.07, 6.45) is -0.522. The molecule has 1 aliphatic rings. The quantitative estimate of drug-likeness (QED) is 0.614. The topological polar surface area (TPSA) is 41.9 Å². The second-order valence-corrected chi connectivity index (χ2v) is 6.96. The molecule has 1 aliphatic heterocycles. The van der Waals surface area contributed by atoms with Crippen molar-refractivity contribution in [2.24, 2.45) is 5.10 Å². The summed E-state index contributed by atoms with van der Waals surface area (Å²) < 4.78 is 8.00. The van der Waals surface area contributed by atoms with Gasteiger partial charge in [-0.15, -0.1) is 5.10 Å². The first-order valence-corrected chi connectivity index (χ1v) is 8.48. The molecule has 0 N–H and O–H groups in total.